The average Bonchev–Trinajstić information content (AvgIpc) is 3.07. The SMILES string of the molecule is CO[C@H]1/C=C\C=C(/C)C(=O)NC2=CC(=O)C(NC(=O)c3cccc(CCl)c3)=C(C[C@@H](C)C[C@H](OC)[C@H](O)[C@@H](C)/C=C(\C)[C@H]1OC(N)=O)C2=O. The molecule has 12 nitrogen and oxygen atoms in total. The number of halogens is 1. The second-order valence-electron chi connectivity index (χ2n) is 12.2. The zero-order valence-electron chi connectivity index (χ0n) is 28.5. The van der Waals surface area contributed by atoms with Crippen LogP contribution in [0.1, 0.15) is 56.5 Å². The Balaban J connectivity index is 2.10. The first-order chi connectivity index (χ1) is 23.2. The van der Waals surface area contributed by atoms with Gasteiger partial charge in [-0.25, -0.2) is 4.79 Å². The third kappa shape index (κ3) is 10.3. The zero-order valence-corrected chi connectivity index (χ0v) is 29.2. The van der Waals surface area contributed by atoms with Crippen molar-refractivity contribution in [2.45, 2.75) is 70.8 Å². The van der Waals surface area contributed by atoms with Gasteiger partial charge in [0.15, 0.2) is 6.10 Å². The molecule has 13 heteroatoms. The smallest absolute Gasteiger partial charge is 0.405 e. The van der Waals surface area contributed by atoms with Crippen LogP contribution in [0.25, 0.3) is 0 Å². The molecule has 1 aliphatic carbocycles. The molecule has 2 aliphatic rings. The number of rotatable bonds is 6. The fourth-order valence-corrected chi connectivity index (χ4v) is 5.87. The van der Waals surface area contributed by atoms with Crippen LogP contribution in [-0.4, -0.2) is 73.2 Å². The number of ketones is 2. The van der Waals surface area contributed by atoms with Gasteiger partial charge in [-0.3, -0.25) is 19.2 Å². The van der Waals surface area contributed by atoms with Crippen LogP contribution in [0.3, 0.4) is 0 Å². The quantitative estimate of drug-likeness (QED) is 0.194. The van der Waals surface area contributed by atoms with Crippen molar-refractivity contribution in [1.82, 2.24) is 10.6 Å². The number of hydrogen-bond acceptors (Lipinski definition) is 9. The van der Waals surface area contributed by atoms with Crippen LogP contribution >= 0.6 is 11.6 Å². The number of primary amides is 1. The summed E-state index contributed by atoms with van der Waals surface area (Å²) >= 11 is 5.94. The fraction of sp³-hybridized carbons (Fsp3) is 0.417. The largest absolute Gasteiger partial charge is 0.439 e. The Kier molecular flexibility index (Phi) is 14.3. The van der Waals surface area contributed by atoms with Gasteiger partial charge in [0.2, 0.25) is 11.6 Å². The summed E-state index contributed by atoms with van der Waals surface area (Å²) in [6.45, 7) is 6.81. The van der Waals surface area contributed by atoms with Gasteiger partial charge >= 0.3 is 6.09 Å². The van der Waals surface area contributed by atoms with Crippen molar-refractivity contribution in [2.75, 3.05) is 14.2 Å². The van der Waals surface area contributed by atoms with Gasteiger partial charge in [0, 0.05) is 48.8 Å². The van der Waals surface area contributed by atoms with Gasteiger partial charge in [0.05, 0.1) is 23.6 Å². The van der Waals surface area contributed by atoms with Gasteiger partial charge in [0.25, 0.3) is 11.8 Å². The Hall–Kier alpha value is -4.36. The van der Waals surface area contributed by atoms with E-state index in [-0.39, 0.29) is 52.7 Å². The van der Waals surface area contributed by atoms with Gasteiger partial charge in [-0.05, 0) is 55.9 Å². The van der Waals surface area contributed by atoms with Crippen molar-refractivity contribution in [3.63, 3.8) is 0 Å². The van der Waals surface area contributed by atoms with Gasteiger partial charge in [-0.2, -0.15) is 0 Å². The Morgan fingerprint density at radius 1 is 1.12 bits per heavy atom. The number of allylic oxidation sites excluding steroid dienone is 4. The van der Waals surface area contributed by atoms with E-state index >= 15 is 0 Å². The molecule has 5 N–H and O–H groups in total. The van der Waals surface area contributed by atoms with Crippen LogP contribution < -0.4 is 16.4 Å². The second-order valence-corrected chi connectivity index (χ2v) is 12.5. The van der Waals surface area contributed by atoms with E-state index in [1.54, 1.807) is 50.3 Å². The summed E-state index contributed by atoms with van der Waals surface area (Å²) < 4.78 is 16.6. The normalized spacial score (nSPS) is 28.7. The molecular weight excluding hydrogens is 654 g/mol. The van der Waals surface area contributed by atoms with Crippen molar-refractivity contribution in [3.8, 4) is 0 Å². The van der Waals surface area contributed by atoms with Gasteiger partial charge in [0.1, 0.15) is 6.10 Å². The lowest BCUT2D eigenvalue weighted by molar-refractivity contribution is -0.120. The summed E-state index contributed by atoms with van der Waals surface area (Å²) in [6, 6.07) is 6.55. The van der Waals surface area contributed by atoms with E-state index in [2.05, 4.69) is 10.6 Å². The van der Waals surface area contributed by atoms with Gasteiger partial charge in [-0.15, -0.1) is 11.6 Å². The van der Waals surface area contributed by atoms with Gasteiger partial charge in [-0.1, -0.05) is 50.3 Å². The summed E-state index contributed by atoms with van der Waals surface area (Å²) in [4.78, 5) is 65.6. The number of hydrogen-bond donors (Lipinski definition) is 4. The molecule has 264 valence electrons. The first kappa shape index (κ1) is 39.1. The van der Waals surface area contributed by atoms with Crippen molar-refractivity contribution in [1.29, 1.82) is 0 Å². The number of ether oxygens (including phenoxy) is 3. The molecule has 1 aromatic carbocycles. The first-order valence-corrected chi connectivity index (χ1v) is 16.3. The highest BCUT2D eigenvalue weighted by molar-refractivity contribution is 6.24. The standard InChI is InChI=1S/C36H44ClN3O9/c1-19-13-25-30(40-35(45)24-11-8-10-23(16-24)18-37)27(41)17-26(32(25)43)39-34(44)20(2)9-7-12-28(47-5)33(49-36(38)46)22(4)15-21(3)31(42)29(14-19)48-6/h7-12,15-17,19,21,28-29,31,33,42H,13-14,18H2,1-6H3,(H2,38,46)(H,39,44)(H,40,45)/b12-7-,20-9+,22-15+/t19-,21+,28+,29+,31-,33-/m1/s1. The number of carbonyl (C=O) groups is 5. The second kappa shape index (κ2) is 17.9. The Morgan fingerprint density at radius 2 is 1.84 bits per heavy atom. The number of fused-ring (bicyclic) bond motifs is 2. The maximum Gasteiger partial charge on any atom is 0.405 e. The number of carbonyl (C=O) groups excluding carboxylic acids is 5. The van der Waals surface area contributed by atoms with Crippen LogP contribution in [0.15, 0.2) is 82.8 Å². The molecule has 3 rings (SSSR count). The molecule has 0 aromatic heterocycles. The van der Waals surface area contributed by atoms with Crippen molar-refractivity contribution in [2.24, 2.45) is 17.6 Å². The van der Waals surface area contributed by atoms with E-state index in [0.717, 1.165) is 6.08 Å². The number of benzene rings is 1. The number of amides is 3. The van der Waals surface area contributed by atoms with E-state index in [4.69, 9.17) is 31.5 Å². The van der Waals surface area contributed by atoms with Crippen LogP contribution in [-0.2, 0) is 34.5 Å². The monoisotopic (exact) mass is 697 g/mol. The lowest BCUT2D eigenvalue weighted by atomic mass is 9.85. The molecular formula is C36H44ClN3O9. The summed E-state index contributed by atoms with van der Waals surface area (Å²) in [5.74, 6) is -3.27. The molecule has 0 unspecified atom stereocenters. The maximum absolute atomic E-state index is 13.9. The topological polar surface area (TPSA) is 183 Å². The first-order valence-electron chi connectivity index (χ1n) is 15.7. The summed E-state index contributed by atoms with van der Waals surface area (Å²) in [5, 5.41) is 16.5. The molecule has 1 aromatic rings. The Labute approximate surface area is 291 Å². The summed E-state index contributed by atoms with van der Waals surface area (Å²) in [7, 11) is 2.86. The predicted molar refractivity (Wildman–Crippen MR) is 183 cm³/mol. The molecule has 2 bridgehead atoms. The van der Waals surface area contributed by atoms with Crippen LogP contribution in [0.5, 0.6) is 0 Å². The molecule has 0 radical (unpaired) electrons. The van der Waals surface area contributed by atoms with Crippen LogP contribution in [0.2, 0.25) is 0 Å². The number of Topliss-reactive ketones (excluding diaryl/α,β-unsaturated/α-hetero) is 1. The number of nitrogens with two attached hydrogens (primary N) is 1. The van der Waals surface area contributed by atoms with Crippen molar-refractivity contribution >= 4 is 41.1 Å². The molecule has 3 amide bonds. The number of nitrogens with one attached hydrogen (secondary N) is 2. The predicted octanol–water partition coefficient (Wildman–Crippen LogP) is 3.93. The van der Waals surface area contributed by atoms with Crippen molar-refractivity contribution in [3.05, 3.63) is 93.9 Å². The number of aliphatic hydroxyl groups is 1. The fourth-order valence-electron chi connectivity index (χ4n) is 5.70. The molecule has 0 fully saturated rings. The zero-order chi connectivity index (χ0) is 36.4. The lowest BCUT2D eigenvalue weighted by Gasteiger charge is -2.30. The number of aliphatic hydroxyl groups excluding tert-OH is 1. The highest BCUT2D eigenvalue weighted by Crippen LogP contribution is 2.29. The minimum atomic E-state index is -1.04. The molecule has 1 aliphatic heterocycles. The summed E-state index contributed by atoms with van der Waals surface area (Å²) in [6.07, 6.45) is 2.93. The molecule has 49 heavy (non-hydrogen) atoms. The molecule has 6 atom stereocenters. The highest BCUT2D eigenvalue weighted by Gasteiger charge is 2.34. The molecule has 0 saturated carbocycles. The third-order valence-electron chi connectivity index (χ3n) is 8.38. The van der Waals surface area contributed by atoms with E-state index in [1.807, 2.05) is 6.92 Å². The average molecular weight is 698 g/mol. The number of methoxy groups -OCH3 is 2. The Bertz CT molecular complexity index is 1610. The van der Waals surface area contributed by atoms with Gasteiger partial charge < -0.3 is 35.7 Å². The van der Waals surface area contributed by atoms with Crippen LogP contribution in [0.4, 0.5) is 4.79 Å². The summed E-state index contributed by atoms with van der Waals surface area (Å²) in [5.41, 5.74) is 6.57. The third-order valence-corrected chi connectivity index (χ3v) is 8.68. The van der Waals surface area contributed by atoms with E-state index in [0.29, 0.717) is 11.1 Å². The lowest BCUT2D eigenvalue weighted by Crippen LogP contribution is -2.38. The highest BCUT2D eigenvalue weighted by atomic mass is 35.5. The van der Waals surface area contributed by atoms with Crippen molar-refractivity contribution < 1.29 is 43.3 Å². The van der Waals surface area contributed by atoms with E-state index in [1.165, 1.54) is 33.3 Å². The molecule has 0 spiro atoms. The van der Waals surface area contributed by atoms with E-state index < -0.39 is 59.8 Å². The minimum absolute atomic E-state index is 0.000830. The molecule has 1 heterocycles. The Morgan fingerprint density at radius 3 is 2.47 bits per heavy atom. The van der Waals surface area contributed by atoms with Crippen LogP contribution in [0, 0.1) is 11.8 Å². The number of alkyl halides is 1. The minimum Gasteiger partial charge on any atom is -0.439 e. The van der Waals surface area contributed by atoms with E-state index in [9.17, 15) is 29.1 Å². The maximum atomic E-state index is 13.9. The molecule has 0 saturated heterocycles.